The van der Waals surface area contributed by atoms with Crippen molar-refractivity contribution >= 4 is 27.8 Å². The fourth-order valence-corrected chi connectivity index (χ4v) is 2.37. The molecule has 0 fully saturated rings. The van der Waals surface area contributed by atoms with Gasteiger partial charge in [0.05, 0.1) is 22.0 Å². The van der Waals surface area contributed by atoms with Crippen LogP contribution < -0.4 is 0 Å². The summed E-state index contributed by atoms with van der Waals surface area (Å²) in [5.74, 6) is -2.47. The van der Waals surface area contributed by atoms with Gasteiger partial charge in [0.1, 0.15) is 17.3 Å². The number of aromatic hydroxyl groups is 2. The molecule has 3 aromatic rings. The lowest BCUT2D eigenvalue weighted by Crippen LogP contribution is -2.02. The fraction of sp³-hybridized carbons (Fsp3) is 0.0667. The van der Waals surface area contributed by atoms with Crippen LogP contribution in [0.1, 0.15) is 15.9 Å². The molecule has 0 aliphatic heterocycles. The summed E-state index contributed by atoms with van der Waals surface area (Å²) in [6.45, 7) is 1.45. The Balaban J connectivity index is 2.65. The number of carboxylic acids is 1. The highest BCUT2D eigenvalue weighted by Crippen LogP contribution is 2.38. The van der Waals surface area contributed by atoms with Crippen molar-refractivity contribution in [3.63, 3.8) is 0 Å². The van der Waals surface area contributed by atoms with E-state index in [1.807, 2.05) is 0 Å². The lowest BCUT2D eigenvalue weighted by atomic mass is 9.99. The first-order chi connectivity index (χ1) is 9.90. The second-order valence-corrected chi connectivity index (χ2v) is 4.72. The number of fused-ring (bicyclic) bond motifs is 2. The van der Waals surface area contributed by atoms with Crippen LogP contribution in [0.5, 0.6) is 11.5 Å². The fourth-order valence-electron chi connectivity index (χ4n) is 2.37. The summed E-state index contributed by atoms with van der Waals surface area (Å²) in [5.41, 5.74) is 0.300. The number of halogens is 1. The number of aromatic carboxylic acids is 1. The molecule has 1 aromatic heterocycles. The SMILES string of the molecule is Cc1c(O)cc2nc3ccc(F)cc3c(C(=O)O)c2c1O. The first kappa shape index (κ1) is 13.1. The number of phenolic OH excluding ortho intramolecular Hbond substituents is 2. The highest BCUT2D eigenvalue weighted by molar-refractivity contribution is 6.15. The molecule has 3 rings (SSSR count). The molecule has 0 unspecified atom stereocenters. The van der Waals surface area contributed by atoms with Gasteiger partial charge in [-0.15, -0.1) is 0 Å². The average molecular weight is 287 g/mol. The van der Waals surface area contributed by atoms with E-state index in [4.69, 9.17) is 0 Å². The van der Waals surface area contributed by atoms with Crippen molar-refractivity contribution in [1.82, 2.24) is 4.98 Å². The summed E-state index contributed by atoms with van der Waals surface area (Å²) in [7, 11) is 0. The van der Waals surface area contributed by atoms with Crippen LogP contribution in [0, 0.1) is 12.7 Å². The number of carboxylic acid groups (broad SMARTS) is 1. The van der Waals surface area contributed by atoms with Crippen LogP contribution in [0.3, 0.4) is 0 Å². The number of phenols is 2. The largest absolute Gasteiger partial charge is 0.507 e. The van der Waals surface area contributed by atoms with Gasteiger partial charge in [-0.25, -0.2) is 14.2 Å². The lowest BCUT2D eigenvalue weighted by molar-refractivity contribution is 0.0700. The van der Waals surface area contributed by atoms with E-state index in [-0.39, 0.29) is 44.4 Å². The highest BCUT2D eigenvalue weighted by Gasteiger charge is 2.21. The molecule has 0 bridgehead atoms. The van der Waals surface area contributed by atoms with Gasteiger partial charge in [0.15, 0.2) is 0 Å². The summed E-state index contributed by atoms with van der Waals surface area (Å²) in [6, 6.07) is 4.86. The summed E-state index contributed by atoms with van der Waals surface area (Å²) in [5, 5.41) is 29.4. The van der Waals surface area contributed by atoms with Gasteiger partial charge >= 0.3 is 5.97 Å². The third-order valence-electron chi connectivity index (χ3n) is 3.44. The highest BCUT2D eigenvalue weighted by atomic mass is 19.1. The zero-order valence-corrected chi connectivity index (χ0v) is 10.9. The minimum Gasteiger partial charge on any atom is -0.507 e. The number of rotatable bonds is 1. The van der Waals surface area contributed by atoms with E-state index in [0.29, 0.717) is 0 Å². The Labute approximate surface area is 117 Å². The number of hydrogen-bond donors (Lipinski definition) is 3. The molecule has 5 nitrogen and oxygen atoms in total. The molecule has 0 aliphatic carbocycles. The molecular weight excluding hydrogens is 277 g/mol. The predicted molar refractivity (Wildman–Crippen MR) is 74.2 cm³/mol. The van der Waals surface area contributed by atoms with E-state index >= 15 is 0 Å². The van der Waals surface area contributed by atoms with Gasteiger partial charge in [0.2, 0.25) is 0 Å². The molecule has 3 N–H and O–H groups in total. The quantitative estimate of drug-likeness (QED) is 0.599. The van der Waals surface area contributed by atoms with Crippen LogP contribution in [-0.2, 0) is 0 Å². The number of carbonyl (C=O) groups is 1. The summed E-state index contributed by atoms with van der Waals surface area (Å²) in [6.07, 6.45) is 0. The topological polar surface area (TPSA) is 90.7 Å². The zero-order valence-electron chi connectivity index (χ0n) is 10.9. The predicted octanol–water partition coefficient (Wildman–Crippen LogP) is 2.94. The Kier molecular flexibility index (Phi) is 2.69. The summed E-state index contributed by atoms with van der Waals surface area (Å²) < 4.78 is 13.4. The molecule has 0 saturated carbocycles. The van der Waals surface area contributed by atoms with Crippen LogP contribution >= 0.6 is 0 Å². The van der Waals surface area contributed by atoms with Gasteiger partial charge in [-0.2, -0.15) is 0 Å². The standard InChI is InChI=1S/C15H10FNO4/c1-6-11(18)5-10-13(14(6)19)12(15(20)21)8-4-7(16)2-3-9(8)17-10/h2-5,18-19H,1H3,(H,20,21). The van der Waals surface area contributed by atoms with Crippen LogP contribution in [0.25, 0.3) is 21.8 Å². The van der Waals surface area contributed by atoms with Crippen molar-refractivity contribution in [2.45, 2.75) is 6.92 Å². The Hall–Kier alpha value is -2.89. The maximum absolute atomic E-state index is 13.4. The van der Waals surface area contributed by atoms with E-state index in [9.17, 15) is 24.5 Å². The summed E-state index contributed by atoms with van der Waals surface area (Å²) >= 11 is 0. The molecule has 106 valence electrons. The monoisotopic (exact) mass is 287 g/mol. The molecule has 0 amide bonds. The molecule has 0 spiro atoms. The Morgan fingerprint density at radius 2 is 1.90 bits per heavy atom. The maximum atomic E-state index is 13.4. The third-order valence-corrected chi connectivity index (χ3v) is 3.44. The van der Waals surface area contributed by atoms with E-state index in [1.165, 1.54) is 25.1 Å². The maximum Gasteiger partial charge on any atom is 0.337 e. The van der Waals surface area contributed by atoms with Crippen molar-refractivity contribution in [2.75, 3.05) is 0 Å². The van der Waals surface area contributed by atoms with Gasteiger partial charge in [0.25, 0.3) is 0 Å². The number of aromatic nitrogens is 1. The Morgan fingerprint density at radius 1 is 1.19 bits per heavy atom. The first-order valence-corrected chi connectivity index (χ1v) is 6.08. The van der Waals surface area contributed by atoms with Gasteiger partial charge in [0, 0.05) is 17.0 Å². The van der Waals surface area contributed by atoms with Gasteiger partial charge < -0.3 is 15.3 Å². The smallest absolute Gasteiger partial charge is 0.337 e. The minimum absolute atomic E-state index is 0.0177. The zero-order chi connectivity index (χ0) is 15.3. The lowest BCUT2D eigenvalue weighted by Gasteiger charge is -2.11. The van der Waals surface area contributed by atoms with Crippen molar-refractivity contribution in [2.24, 2.45) is 0 Å². The molecule has 6 heteroatoms. The van der Waals surface area contributed by atoms with Crippen molar-refractivity contribution in [1.29, 1.82) is 0 Å². The molecule has 21 heavy (non-hydrogen) atoms. The second kappa shape index (κ2) is 4.31. The molecule has 0 saturated heterocycles. The molecule has 1 heterocycles. The van der Waals surface area contributed by atoms with Crippen molar-refractivity contribution in [3.8, 4) is 11.5 Å². The molecular formula is C15H10FNO4. The van der Waals surface area contributed by atoms with E-state index in [1.54, 1.807) is 0 Å². The second-order valence-electron chi connectivity index (χ2n) is 4.72. The van der Waals surface area contributed by atoms with Crippen LogP contribution in [0.15, 0.2) is 24.3 Å². The third kappa shape index (κ3) is 1.84. The van der Waals surface area contributed by atoms with E-state index in [0.717, 1.165) is 6.07 Å². The van der Waals surface area contributed by atoms with Crippen LogP contribution in [-0.4, -0.2) is 26.3 Å². The number of benzene rings is 2. The van der Waals surface area contributed by atoms with Gasteiger partial charge in [-0.05, 0) is 25.1 Å². The van der Waals surface area contributed by atoms with E-state index < -0.39 is 11.8 Å². The number of nitrogens with zero attached hydrogens (tertiary/aromatic N) is 1. The molecule has 0 atom stereocenters. The average Bonchev–Trinajstić information content (AvgIpc) is 2.43. The van der Waals surface area contributed by atoms with Crippen LogP contribution in [0.2, 0.25) is 0 Å². The van der Waals surface area contributed by atoms with E-state index in [2.05, 4.69) is 4.98 Å². The van der Waals surface area contributed by atoms with Gasteiger partial charge in [-0.3, -0.25) is 0 Å². The first-order valence-electron chi connectivity index (χ1n) is 6.08. The van der Waals surface area contributed by atoms with Crippen molar-refractivity contribution < 1.29 is 24.5 Å². The minimum atomic E-state index is -1.31. The Morgan fingerprint density at radius 3 is 2.57 bits per heavy atom. The molecule has 2 aromatic carbocycles. The number of pyridine rings is 1. The number of hydrogen-bond acceptors (Lipinski definition) is 4. The normalized spacial score (nSPS) is 11.1. The Bertz CT molecular complexity index is 921. The molecule has 0 radical (unpaired) electrons. The van der Waals surface area contributed by atoms with Crippen molar-refractivity contribution in [3.05, 3.63) is 41.2 Å². The summed E-state index contributed by atoms with van der Waals surface area (Å²) in [4.78, 5) is 15.7. The molecule has 0 aliphatic rings. The van der Waals surface area contributed by atoms with Crippen LogP contribution in [0.4, 0.5) is 4.39 Å². The van der Waals surface area contributed by atoms with Gasteiger partial charge in [-0.1, -0.05) is 0 Å².